The van der Waals surface area contributed by atoms with E-state index in [0.29, 0.717) is 6.61 Å². The second-order valence-corrected chi connectivity index (χ2v) is 4.57. The highest BCUT2D eigenvalue weighted by atomic mass is 16.5. The van der Waals surface area contributed by atoms with Gasteiger partial charge in [0.25, 0.3) is 0 Å². The number of nitrogens with zero attached hydrogens (tertiary/aromatic N) is 2. The van der Waals surface area contributed by atoms with Crippen molar-refractivity contribution in [3.05, 3.63) is 24.4 Å². The molecule has 0 atom stereocenters. The minimum Gasteiger partial charge on any atom is -0.374 e. The Morgan fingerprint density at radius 1 is 1.25 bits per heavy atom. The Morgan fingerprint density at radius 2 is 1.94 bits per heavy atom. The van der Waals surface area contributed by atoms with Crippen molar-refractivity contribution < 1.29 is 4.74 Å². The monoisotopic (exact) mass is 224 g/mol. The molecular weight excluding hydrogens is 200 g/mol. The van der Waals surface area contributed by atoms with Crippen LogP contribution in [0.4, 0.5) is 0 Å². The van der Waals surface area contributed by atoms with Crippen LogP contribution in [0.15, 0.2) is 29.4 Å². The standard InChI is InChI=1S/C13H24N2O/c1-6-7-8-9-14-12-15(5)10-11-16-13(2,3)4/h6-9,12H,10-11H2,1-5H3/b7-6-,9-8-,14-12+. The first-order valence-electron chi connectivity index (χ1n) is 5.61. The largest absolute Gasteiger partial charge is 0.374 e. The second kappa shape index (κ2) is 8.11. The molecule has 0 saturated carbocycles. The molecule has 0 aromatic heterocycles. The summed E-state index contributed by atoms with van der Waals surface area (Å²) >= 11 is 0. The number of hydrogen-bond donors (Lipinski definition) is 0. The molecule has 0 aliphatic heterocycles. The van der Waals surface area contributed by atoms with Crippen LogP contribution in [0.1, 0.15) is 27.7 Å². The average Bonchev–Trinajstić information content (AvgIpc) is 2.15. The van der Waals surface area contributed by atoms with Crippen LogP contribution in [0.5, 0.6) is 0 Å². The maximum absolute atomic E-state index is 5.61. The van der Waals surface area contributed by atoms with Crippen molar-refractivity contribution in [1.82, 2.24) is 4.90 Å². The Kier molecular flexibility index (Phi) is 7.56. The normalized spacial score (nSPS) is 13.3. The van der Waals surface area contributed by atoms with E-state index in [2.05, 4.69) is 25.8 Å². The summed E-state index contributed by atoms with van der Waals surface area (Å²) in [5.41, 5.74) is -0.0657. The Balaban J connectivity index is 3.70. The summed E-state index contributed by atoms with van der Waals surface area (Å²) in [7, 11) is 1.99. The van der Waals surface area contributed by atoms with Gasteiger partial charge in [-0.3, -0.25) is 0 Å². The van der Waals surface area contributed by atoms with Gasteiger partial charge in [0, 0.05) is 19.8 Å². The lowest BCUT2D eigenvalue weighted by Crippen LogP contribution is -2.27. The average molecular weight is 224 g/mol. The van der Waals surface area contributed by atoms with Gasteiger partial charge >= 0.3 is 0 Å². The van der Waals surface area contributed by atoms with Crippen LogP contribution in [0, 0.1) is 0 Å². The Hall–Kier alpha value is -1.09. The molecular formula is C13H24N2O. The number of allylic oxidation sites excluding steroid dienone is 3. The predicted octanol–water partition coefficient (Wildman–Crippen LogP) is 2.85. The molecule has 0 bridgehead atoms. The van der Waals surface area contributed by atoms with Crippen molar-refractivity contribution in [2.45, 2.75) is 33.3 Å². The maximum Gasteiger partial charge on any atom is 0.0903 e. The molecule has 0 rings (SSSR count). The van der Waals surface area contributed by atoms with E-state index in [1.165, 1.54) is 0 Å². The zero-order valence-electron chi connectivity index (χ0n) is 11.1. The number of ether oxygens (including phenoxy) is 1. The number of likely N-dealkylation sites (N-methyl/N-ethyl adjacent to an activating group) is 1. The van der Waals surface area contributed by atoms with E-state index in [4.69, 9.17) is 4.74 Å². The van der Waals surface area contributed by atoms with Crippen LogP contribution in [0.3, 0.4) is 0 Å². The molecule has 0 aromatic rings. The van der Waals surface area contributed by atoms with Crippen LogP contribution in [-0.2, 0) is 4.74 Å². The van der Waals surface area contributed by atoms with Crippen molar-refractivity contribution in [2.75, 3.05) is 20.2 Å². The highest BCUT2D eigenvalue weighted by molar-refractivity contribution is 5.55. The van der Waals surface area contributed by atoms with Crippen LogP contribution in [-0.4, -0.2) is 37.0 Å². The molecule has 0 heterocycles. The van der Waals surface area contributed by atoms with Gasteiger partial charge in [0.1, 0.15) is 0 Å². The zero-order chi connectivity index (χ0) is 12.4. The van der Waals surface area contributed by atoms with Crippen molar-refractivity contribution in [3.63, 3.8) is 0 Å². The smallest absolute Gasteiger partial charge is 0.0903 e. The molecule has 0 radical (unpaired) electrons. The zero-order valence-corrected chi connectivity index (χ0v) is 11.1. The van der Waals surface area contributed by atoms with Gasteiger partial charge in [-0.1, -0.05) is 12.2 Å². The third kappa shape index (κ3) is 11.0. The molecule has 92 valence electrons. The fraction of sp³-hybridized carbons (Fsp3) is 0.615. The van der Waals surface area contributed by atoms with Gasteiger partial charge in [0.05, 0.1) is 18.5 Å². The van der Waals surface area contributed by atoms with Crippen molar-refractivity contribution >= 4 is 6.34 Å². The summed E-state index contributed by atoms with van der Waals surface area (Å²) in [6.07, 6.45) is 9.37. The molecule has 0 spiro atoms. The van der Waals surface area contributed by atoms with E-state index in [-0.39, 0.29) is 5.60 Å². The van der Waals surface area contributed by atoms with E-state index in [1.54, 1.807) is 12.5 Å². The first-order valence-corrected chi connectivity index (χ1v) is 5.61. The van der Waals surface area contributed by atoms with Crippen molar-refractivity contribution in [3.8, 4) is 0 Å². The first-order chi connectivity index (χ1) is 7.45. The fourth-order valence-corrected chi connectivity index (χ4v) is 0.916. The van der Waals surface area contributed by atoms with Gasteiger partial charge in [-0.2, -0.15) is 0 Å². The summed E-state index contributed by atoms with van der Waals surface area (Å²) in [4.78, 5) is 6.14. The molecule has 0 unspecified atom stereocenters. The number of rotatable bonds is 6. The summed E-state index contributed by atoms with van der Waals surface area (Å²) in [6, 6.07) is 0. The van der Waals surface area contributed by atoms with Crippen LogP contribution < -0.4 is 0 Å². The molecule has 0 N–H and O–H groups in total. The van der Waals surface area contributed by atoms with E-state index in [9.17, 15) is 0 Å². The predicted molar refractivity (Wildman–Crippen MR) is 70.8 cm³/mol. The van der Waals surface area contributed by atoms with E-state index in [0.717, 1.165) is 6.54 Å². The third-order valence-electron chi connectivity index (χ3n) is 1.72. The van der Waals surface area contributed by atoms with Gasteiger partial charge in [-0.15, -0.1) is 0 Å². The molecule has 0 saturated heterocycles. The highest BCUT2D eigenvalue weighted by Crippen LogP contribution is 2.05. The van der Waals surface area contributed by atoms with Gasteiger partial charge in [-0.25, -0.2) is 4.99 Å². The topological polar surface area (TPSA) is 24.8 Å². The lowest BCUT2D eigenvalue weighted by Gasteiger charge is -2.21. The third-order valence-corrected chi connectivity index (χ3v) is 1.72. The van der Waals surface area contributed by atoms with E-state index >= 15 is 0 Å². The maximum atomic E-state index is 5.61. The second-order valence-electron chi connectivity index (χ2n) is 4.57. The lowest BCUT2D eigenvalue weighted by atomic mass is 10.2. The summed E-state index contributed by atoms with van der Waals surface area (Å²) < 4.78 is 5.61. The Morgan fingerprint density at radius 3 is 2.50 bits per heavy atom. The van der Waals surface area contributed by atoms with Crippen LogP contribution >= 0.6 is 0 Å². The van der Waals surface area contributed by atoms with Gasteiger partial charge in [-0.05, 0) is 33.8 Å². The molecule has 0 aromatic carbocycles. The minimum absolute atomic E-state index is 0.0657. The molecule has 16 heavy (non-hydrogen) atoms. The van der Waals surface area contributed by atoms with Crippen LogP contribution in [0.2, 0.25) is 0 Å². The van der Waals surface area contributed by atoms with E-state index < -0.39 is 0 Å². The molecule has 0 amide bonds. The Bertz CT molecular complexity index is 249. The first kappa shape index (κ1) is 14.9. The fourth-order valence-electron chi connectivity index (χ4n) is 0.916. The Labute approximate surface area is 99.5 Å². The summed E-state index contributed by atoms with van der Waals surface area (Å²) in [5, 5.41) is 0. The summed E-state index contributed by atoms with van der Waals surface area (Å²) in [5.74, 6) is 0. The molecule has 3 nitrogen and oxygen atoms in total. The highest BCUT2D eigenvalue weighted by Gasteiger charge is 2.09. The van der Waals surface area contributed by atoms with Gasteiger partial charge < -0.3 is 9.64 Å². The van der Waals surface area contributed by atoms with E-state index in [1.807, 2.05) is 37.1 Å². The van der Waals surface area contributed by atoms with Crippen molar-refractivity contribution in [2.24, 2.45) is 4.99 Å². The number of hydrogen-bond acceptors (Lipinski definition) is 2. The quantitative estimate of drug-likeness (QED) is 0.394. The SMILES string of the molecule is C\C=C/C=C\N=C\N(C)CCOC(C)(C)C. The number of aliphatic imine (C=N–C) groups is 1. The molecule has 3 heteroatoms. The summed E-state index contributed by atoms with van der Waals surface area (Å²) in [6.45, 7) is 9.70. The van der Waals surface area contributed by atoms with Gasteiger partial charge in [0.2, 0.25) is 0 Å². The minimum atomic E-state index is -0.0657. The molecule has 0 aliphatic rings. The van der Waals surface area contributed by atoms with Crippen molar-refractivity contribution in [1.29, 1.82) is 0 Å². The molecule has 0 fully saturated rings. The van der Waals surface area contributed by atoms with Gasteiger partial charge in [0.15, 0.2) is 0 Å². The molecule has 0 aliphatic carbocycles. The lowest BCUT2D eigenvalue weighted by molar-refractivity contribution is -0.00574. The van der Waals surface area contributed by atoms with Crippen LogP contribution in [0.25, 0.3) is 0 Å².